The molecular weight excluding hydrogens is 401 g/mol. The molecule has 2 aliphatic rings. The van der Waals surface area contributed by atoms with E-state index >= 15 is 0 Å². The number of imide groups is 1. The van der Waals surface area contributed by atoms with Crippen molar-refractivity contribution in [2.75, 3.05) is 6.54 Å². The fourth-order valence-corrected chi connectivity index (χ4v) is 3.37. The normalized spacial score (nSPS) is 18.9. The number of aromatic nitrogens is 2. The second kappa shape index (κ2) is 7.36. The molecule has 154 valence electrons. The van der Waals surface area contributed by atoms with Gasteiger partial charge in [0.1, 0.15) is 11.6 Å². The van der Waals surface area contributed by atoms with E-state index in [9.17, 15) is 22.8 Å². The Hall–Kier alpha value is -3.56. The van der Waals surface area contributed by atoms with E-state index in [1.165, 1.54) is 16.7 Å². The van der Waals surface area contributed by atoms with Gasteiger partial charge in [0, 0.05) is 5.56 Å². The Bertz CT molecular complexity index is 1110. The third-order valence-electron chi connectivity index (χ3n) is 4.83. The summed E-state index contributed by atoms with van der Waals surface area (Å²) in [5.74, 6) is -0.900. The summed E-state index contributed by atoms with van der Waals surface area (Å²) in [6, 6.07) is 4.05. The minimum Gasteiger partial charge on any atom is -0.335 e. The molecule has 10 heteroatoms. The van der Waals surface area contributed by atoms with Crippen LogP contribution in [0, 0.1) is 5.92 Å². The monoisotopic (exact) mass is 417 g/mol. The van der Waals surface area contributed by atoms with Gasteiger partial charge in [-0.25, -0.2) is 4.79 Å². The molecule has 2 heterocycles. The first-order valence-electron chi connectivity index (χ1n) is 9.14. The lowest BCUT2D eigenvalue weighted by molar-refractivity contribution is -0.460. The van der Waals surface area contributed by atoms with E-state index in [0.717, 1.165) is 17.0 Å². The maximum atomic E-state index is 12.9. The van der Waals surface area contributed by atoms with Gasteiger partial charge in [0.2, 0.25) is 5.82 Å². The number of carbonyl (C=O) groups is 2. The second-order valence-electron chi connectivity index (χ2n) is 6.69. The molecule has 0 spiro atoms. The predicted octanol–water partition coefficient (Wildman–Crippen LogP) is 3.43. The largest absolute Gasteiger partial charge is 0.501 e. The zero-order chi connectivity index (χ0) is 21.5. The molecule has 2 aromatic rings. The van der Waals surface area contributed by atoms with E-state index in [4.69, 9.17) is 4.52 Å². The van der Waals surface area contributed by atoms with Crippen LogP contribution in [0.1, 0.15) is 18.4 Å². The van der Waals surface area contributed by atoms with Crippen LogP contribution in [0.5, 0.6) is 0 Å². The van der Waals surface area contributed by atoms with E-state index in [1.54, 1.807) is 31.2 Å². The molecule has 1 aliphatic carbocycles. The second-order valence-corrected chi connectivity index (χ2v) is 6.69. The number of carbonyl (C=O) groups excluding carboxylic acids is 2. The number of hydrogen-bond donors (Lipinski definition) is 0. The number of nitrogens with zero attached hydrogens (tertiary/aromatic N) is 4. The van der Waals surface area contributed by atoms with Gasteiger partial charge >= 0.3 is 18.1 Å². The van der Waals surface area contributed by atoms with Gasteiger partial charge in [-0.1, -0.05) is 35.5 Å². The molecule has 0 N–H and O–H groups in total. The van der Waals surface area contributed by atoms with Gasteiger partial charge in [-0.15, -0.1) is 0 Å². The van der Waals surface area contributed by atoms with Gasteiger partial charge in [0.15, 0.2) is 6.54 Å². The van der Waals surface area contributed by atoms with E-state index in [1.807, 2.05) is 0 Å². The summed E-state index contributed by atoms with van der Waals surface area (Å²) >= 11 is 0. The number of alkyl halides is 3. The SMILES string of the molecule is CCN1C(=O)C2C=CC=CC2=[N+](Cc2nc(-c3cccc(C(F)(F)F)c3)no2)C1=O. The van der Waals surface area contributed by atoms with E-state index in [-0.39, 0.29) is 36.3 Å². The highest BCUT2D eigenvalue weighted by Crippen LogP contribution is 2.31. The third kappa shape index (κ3) is 3.44. The van der Waals surface area contributed by atoms with Crippen LogP contribution >= 0.6 is 0 Å². The summed E-state index contributed by atoms with van der Waals surface area (Å²) in [7, 11) is 0. The Balaban J connectivity index is 1.66. The average molecular weight is 417 g/mol. The minimum atomic E-state index is -4.49. The molecule has 1 aliphatic heterocycles. The van der Waals surface area contributed by atoms with Gasteiger partial charge < -0.3 is 4.52 Å². The first kappa shape index (κ1) is 19.7. The lowest BCUT2D eigenvalue weighted by Gasteiger charge is -2.25. The Kier molecular flexibility index (Phi) is 4.84. The first-order valence-corrected chi connectivity index (χ1v) is 9.14. The van der Waals surface area contributed by atoms with Crippen molar-refractivity contribution in [3.8, 4) is 11.4 Å². The highest BCUT2D eigenvalue weighted by atomic mass is 19.4. The maximum Gasteiger partial charge on any atom is 0.501 e. The van der Waals surface area contributed by atoms with Crippen LogP contribution in [0.25, 0.3) is 11.4 Å². The van der Waals surface area contributed by atoms with Gasteiger partial charge in [-0.3, -0.25) is 0 Å². The Labute approximate surface area is 168 Å². The molecule has 1 aromatic heterocycles. The van der Waals surface area contributed by atoms with Crippen LogP contribution in [-0.4, -0.2) is 43.8 Å². The first-order chi connectivity index (χ1) is 14.3. The number of hydrogen-bond acceptors (Lipinski definition) is 5. The van der Waals surface area contributed by atoms with Crippen molar-refractivity contribution in [3.05, 3.63) is 60.0 Å². The molecule has 0 radical (unpaired) electrons. The number of amides is 3. The van der Waals surface area contributed by atoms with Crippen LogP contribution in [0.15, 0.2) is 53.1 Å². The van der Waals surface area contributed by atoms with Gasteiger partial charge in [0.25, 0.3) is 5.89 Å². The molecule has 30 heavy (non-hydrogen) atoms. The van der Waals surface area contributed by atoms with Crippen LogP contribution in [-0.2, 0) is 17.5 Å². The number of fused-ring (bicyclic) bond motifs is 1. The standard InChI is InChI=1S/C20H16F3N4O3/c1-2-26-18(28)14-8-3-4-9-15(14)27(19(26)29)11-16-24-17(25-30-16)12-6-5-7-13(10-12)20(21,22)23/h3-10,14H,2,11H2,1H3/q+1. The van der Waals surface area contributed by atoms with E-state index < -0.39 is 23.7 Å². The molecule has 0 saturated carbocycles. The van der Waals surface area contributed by atoms with Crippen molar-refractivity contribution < 1.29 is 31.9 Å². The van der Waals surface area contributed by atoms with Crippen molar-refractivity contribution in [1.82, 2.24) is 15.0 Å². The molecule has 1 aromatic carbocycles. The Morgan fingerprint density at radius 3 is 2.77 bits per heavy atom. The number of allylic oxidation sites excluding steroid dienone is 3. The van der Waals surface area contributed by atoms with Crippen molar-refractivity contribution in [1.29, 1.82) is 0 Å². The summed E-state index contributed by atoms with van der Waals surface area (Å²) in [5, 5.41) is 3.75. The maximum absolute atomic E-state index is 12.9. The summed E-state index contributed by atoms with van der Waals surface area (Å²) in [6.45, 7) is 1.78. The Morgan fingerprint density at radius 2 is 2.03 bits per heavy atom. The smallest absolute Gasteiger partial charge is 0.335 e. The Morgan fingerprint density at radius 1 is 1.23 bits per heavy atom. The molecule has 0 bridgehead atoms. The van der Waals surface area contributed by atoms with Crippen molar-refractivity contribution in [2.24, 2.45) is 5.92 Å². The number of halogens is 3. The fourth-order valence-electron chi connectivity index (χ4n) is 3.37. The minimum absolute atomic E-state index is 0.0235. The molecule has 0 saturated heterocycles. The molecular formula is C20H16F3N4O3+. The van der Waals surface area contributed by atoms with E-state index in [0.29, 0.717) is 5.71 Å². The molecule has 7 nitrogen and oxygen atoms in total. The fraction of sp³-hybridized carbons (Fsp3) is 0.250. The number of benzene rings is 1. The molecule has 1 atom stereocenters. The van der Waals surface area contributed by atoms with Gasteiger partial charge in [0.05, 0.1) is 12.1 Å². The topological polar surface area (TPSA) is 79.3 Å². The van der Waals surface area contributed by atoms with Crippen LogP contribution < -0.4 is 0 Å². The molecule has 1 unspecified atom stereocenters. The summed E-state index contributed by atoms with van der Waals surface area (Å²) in [6.07, 6.45) is 2.31. The molecule has 4 rings (SSSR count). The van der Waals surface area contributed by atoms with Crippen LogP contribution in [0.3, 0.4) is 0 Å². The number of urea groups is 1. The lowest BCUT2D eigenvalue weighted by Crippen LogP contribution is -2.53. The van der Waals surface area contributed by atoms with Crippen molar-refractivity contribution in [2.45, 2.75) is 19.6 Å². The van der Waals surface area contributed by atoms with Gasteiger partial charge in [-0.05, 0) is 25.1 Å². The highest BCUT2D eigenvalue weighted by Gasteiger charge is 2.46. The quantitative estimate of drug-likeness (QED) is 0.713. The summed E-state index contributed by atoms with van der Waals surface area (Å²) < 4.78 is 45.4. The molecule has 0 fully saturated rings. The lowest BCUT2D eigenvalue weighted by atomic mass is 9.94. The number of rotatable bonds is 4. The summed E-state index contributed by atoms with van der Waals surface area (Å²) in [5.41, 5.74) is -0.204. The average Bonchev–Trinajstić information content (AvgIpc) is 3.20. The zero-order valence-electron chi connectivity index (χ0n) is 15.8. The van der Waals surface area contributed by atoms with Crippen molar-refractivity contribution in [3.63, 3.8) is 0 Å². The van der Waals surface area contributed by atoms with Gasteiger partial charge in [-0.2, -0.15) is 32.4 Å². The van der Waals surface area contributed by atoms with E-state index in [2.05, 4.69) is 10.1 Å². The summed E-state index contributed by atoms with van der Waals surface area (Å²) in [4.78, 5) is 30.6. The van der Waals surface area contributed by atoms with Crippen LogP contribution in [0.2, 0.25) is 0 Å². The predicted molar refractivity (Wildman–Crippen MR) is 98.3 cm³/mol. The zero-order valence-corrected chi connectivity index (χ0v) is 15.8. The van der Waals surface area contributed by atoms with Crippen LogP contribution in [0.4, 0.5) is 18.0 Å². The molecule has 3 amide bonds. The third-order valence-corrected chi connectivity index (χ3v) is 4.83. The highest BCUT2D eigenvalue weighted by molar-refractivity contribution is 6.16. The van der Waals surface area contributed by atoms with Crippen molar-refractivity contribution >= 4 is 17.6 Å².